The van der Waals surface area contributed by atoms with E-state index in [4.69, 9.17) is 0 Å². The van der Waals surface area contributed by atoms with Crippen LogP contribution in [-0.4, -0.2) is 0 Å². The molecular formula is C52H33NS2. The highest BCUT2D eigenvalue weighted by atomic mass is 32.1. The molecule has 0 aliphatic rings. The quantitative estimate of drug-likeness (QED) is 0.164. The summed E-state index contributed by atoms with van der Waals surface area (Å²) in [6.45, 7) is 0. The Morgan fingerprint density at radius 3 is 1.69 bits per heavy atom. The summed E-state index contributed by atoms with van der Waals surface area (Å²) in [6.07, 6.45) is 0. The third-order valence-corrected chi connectivity index (χ3v) is 13.2. The largest absolute Gasteiger partial charge is 0.310 e. The van der Waals surface area contributed by atoms with E-state index >= 15 is 0 Å². The van der Waals surface area contributed by atoms with E-state index in [2.05, 4.69) is 205 Å². The SMILES string of the molecule is c1cc(-c2ccc(N(c3ccc(-c4cccc5c4sc4ccccc45)cc3)c3cccc4sc5ccccc5c34)cc2)cc(-c2ccc3ccccc3c2)c1. The molecular weight excluding hydrogens is 703 g/mol. The summed E-state index contributed by atoms with van der Waals surface area (Å²) in [4.78, 5) is 2.43. The molecule has 0 bridgehead atoms. The second-order valence-corrected chi connectivity index (χ2v) is 16.2. The Kier molecular flexibility index (Phi) is 7.61. The van der Waals surface area contributed by atoms with Gasteiger partial charge in [0.05, 0.1) is 5.69 Å². The molecule has 258 valence electrons. The number of anilines is 3. The molecule has 11 rings (SSSR count). The van der Waals surface area contributed by atoms with E-state index in [-0.39, 0.29) is 0 Å². The van der Waals surface area contributed by atoms with Gasteiger partial charge in [-0.2, -0.15) is 0 Å². The van der Waals surface area contributed by atoms with Gasteiger partial charge in [0.2, 0.25) is 0 Å². The first-order valence-electron chi connectivity index (χ1n) is 18.7. The lowest BCUT2D eigenvalue weighted by atomic mass is 9.97. The summed E-state index contributed by atoms with van der Waals surface area (Å²) in [6, 6.07) is 73.4. The van der Waals surface area contributed by atoms with Crippen molar-refractivity contribution in [2.24, 2.45) is 0 Å². The lowest BCUT2D eigenvalue weighted by Gasteiger charge is -2.27. The third kappa shape index (κ3) is 5.51. The average molecular weight is 736 g/mol. The van der Waals surface area contributed by atoms with Crippen molar-refractivity contribution in [3.05, 3.63) is 200 Å². The van der Waals surface area contributed by atoms with Gasteiger partial charge in [-0.1, -0.05) is 140 Å². The van der Waals surface area contributed by atoms with Crippen molar-refractivity contribution in [1.29, 1.82) is 0 Å². The Morgan fingerprint density at radius 2 is 0.891 bits per heavy atom. The first-order valence-corrected chi connectivity index (χ1v) is 20.3. The summed E-state index contributed by atoms with van der Waals surface area (Å²) in [5.41, 5.74) is 10.8. The van der Waals surface area contributed by atoms with Crippen molar-refractivity contribution in [3.63, 3.8) is 0 Å². The van der Waals surface area contributed by atoms with E-state index in [9.17, 15) is 0 Å². The van der Waals surface area contributed by atoms with E-state index < -0.39 is 0 Å². The van der Waals surface area contributed by atoms with Gasteiger partial charge in [0, 0.05) is 51.7 Å². The molecule has 0 saturated carbocycles. The van der Waals surface area contributed by atoms with Crippen molar-refractivity contribution in [2.45, 2.75) is 0 Å². The number of rotatable bonds is 6. The third-order valence-electron chi connectivity index (χ3n) is 10.9. The van der Waals surface area contributed by atoms with Crippen molar-refractivity contribution >= 4 is 90.9 Å². The van der Waals surface area contributed by atoms with Gasteiger partial charge in [-0.25, -0.2) is 0 Å². The van der Waals surface area contributed by atoms with Gasteiger partial charge < -0.3 is 4.90 Å². The highest BCUT2D eigenvalue weighted by molar-refractivity contribution is 7.26. The predicted molar refractivity (Wildman–Crippen MR) is 241 cm³/mol. The molecule has 0 radical (unpaired) electrons. The number of nitrogens with zero attached hydrogens (tertiary/aromatic N) is 1. The molecule has 0 fully saturated rings. The van der Waals surface area contributed by atoms with Crippen LogP contribution in [0.5, 0.6) is 0 Å². The molecule has 9 aromatic carbocycles. The zero-order valence-electron chi connectivity index (χ0n) is 29.8. The Hall–Kier alpha value is -6.52. The number of fused-ring (bicyclic) bond motifs is 7. The van der Waals surface area contributed by atoms with Crippen LogP contribution in [0.3, 0.4) is 0 Å². The number of thiophene rings is 2. The standard InChI is InChI=1S/C52H33NS2/c1-2-11-37-33-40(23-22-34(37)10-1)39-13-7-12-38(32-39)35-24-28-41(29-25-35)53(47-18-9-21-50-51(47)46-15-4-6-20-49(46)54-50)42-30-26-36(27-31-42)43-16-8-17-45-44-14-3-5-19-48(44)55-52(43)45/h1-33H. The molecule has 11 aromatic rings. The van der Waals surface area contributed by atoms with E-state index in [1.807, 2.05) is 22.7 Å². The molecule has 0 aliphatic heterocycles. The Labute approximate surface area is 327 Å². The van der Waals surface area contributed by atoms with Crippen molar-refractivity contribution < 1.29 is 0 Å². The Morgan fingerprint density at radius 1 is 0.327 bits per heavy atom. The van der Waals surface area contributed by atoms with E-state index in [0.29, 0.717) is 0 Å². The van der Waals surface area contributed by atoms with Gasteiger partial charge in [-0.3, -0.25) is 0 Å². The van der Waals surface area contributed by atoms with Gasteiger partial charge in [-0.15, -0.1) is 22.7 Å². The number of hydrogen-bond acceptors (Lipinski definition) is 3. The summed E-state index contributed by atoms with van der Waals surface area (Å²) in [7, 11) is 0. The van der Waals surface area contributed by atoms with Crippen LogP contribution in [0, 0.1) is 0 Å². The smallest absolute Gasteiger partial charge is 0.0554 e. The minimum Gasteiger partial charge on any atom is -0.310 e. The second kappa shape index (κ2) is 13.1. The minimum absolute atomic E-state index is 1.12. The van der Waals surface area contributed by atoms with Crippen LogP contribution < -0.4 is 4.90 Å². The van der Waals surface area contributed by atoms with E-state index in [1.54, 1.807) is 0 Å². The van der Waals surface area contributed by atoms with Crippen LogP contribution in [0.15, 0.2) is 200 Å². The van der Waals surface area contributed by atoms with Crippen molar-refractivity contribution in [3.8, 4) is 33.4 Å². The molecule has 0 unspecified atom stereocenters. The molecule has 0 saturated heterocycles. The van der Waals surface area contributed by atoms with E-state index in [0.717, 1.165) is 11.4 Å². The van der Waals surface area contributed by atoms with Gasteiger partial charge >= 0.3 is 0 Å². The van der Waals surface area contributed by atoms with Crippen LogP contribution in [0.2, 0.25) is 0 Å². The van der Waals surface area contributed by atoms with Crippen LogP contribution in [0.1, 0.15) is 0 Å². The number of hydrogen-bond donors (Lipinski definition) is 0. The van der Waals surface area contributed by atoms with Gasteiger partial charge in [-0.05, 0) is 105 Å². The topological polar surface area (TPSA) is 3.24 Å². The first kappa shape index (κ1) is 32.0. The number of benzene rings is 9. The monoisotopic (exact) mass is 735 g/mol. The first-order chi connectivity index (χ1) is 27.2. The van der Waals surface area contributed by atoms with Crippen LogP contribution in [0.25, 0.3) is 84.5 Å². The molecule has 0 atom stereocenters. The zero-order chi connectivity index (χ0) is 36.3. The predicted octanol–water partition coefficient (Wildman–Crippen LogP) is 16.0. The molecule has 0 aliphatic carbocycles. The molecule has 0 N–H and O–H groups in total. The zero-order valence-corrected chi connectivity index (χ0v) is 31.4. The fraction of sp³-hybridized carbons (Fsp3) is 0. The molecule has 2 aromatic heterocycles. The fourth-order valence-electron chi connectivity index (χ4n) is 8.18. The van der Waals surface area contributed by atoms with Crippen LogP contribution in [0.4, 0.5) is 17.1 Å². The maximum absolute atomic E-state index is 2.43. The minimum atomic E-state index is 1.12. The van der Waals surface area contributed by atoms with E-state index in [1.165, 1.54) is 90.2 Å². The van der Waals surface area contributed by atoms with Gasteiger partial charge in [0.15, 0.2) is 0 Å². The van der Waals surface area contributed by atoms with Crippen molar-refractivity contribution in [2.75, 3.05) is 4.90 Å². The fourth-order valence-corrected chi connectivity index (χ4v) is 10.5. The summed E-state index contributed by atoms with van der Waals surface area (Å²) in [5.74, 6) is 0. The molecule has 0 amide bonds. The van der Waals surface area contributed by atoms with Crippen LogP contribution >= 0.6 is 22.7 Å². The Balaban J connectivity index is 1.01. The second-order valence-electron chi connectivity index (χ2n) is 14.1. The maximum atomic E-state index is 2.43. The Bertz CT molecular complexity index is 3200. The highest BCUT2D eigenvalue weighted by Crippen LogP contribution is 2.46. The van der Waals surface area contributed by atoms with Crippen molar-refractivity contribution in [1.82, 2.24) is 0 Å². The lowest BCUT2D eigenvalue weighted by molar-refractivity contribution is 1.30. The molecule has 2 heterocycles. The summed E-state index contributed by atoms with van der Waals surface area (Å²) < 4.78 is 5.26. The van der Waals surface area contributed by atoms with Gasteiger partial charge in [0.1, 0.15) is 0 Å². The molecule has 1 nitrogen and oxygen atoms in total. The maximum Gasteiger partial charge on any atom is 0.0554 e. The lowest BCUT2D eigenvalue weighted by Crippen LogP contribution is -2.10. The average Bonchev–Trinajstić information content (AvgIpc) is 3.83. The molecule has 0 spiro atoms. The van der Waals surface area contributed by atoms with Crippen LogP contribution in [-0.2, 0) is 0 Å². The molecule has 3 heteroatoms. The molecule has 55 heavy (non-hydrogen) atoms. The normalized spacial score (nSPS) is 11.6. The highest BCUT2D eigenvalue weighted by Gasteiger charge is 2.19. The van der Waals surface area contributed by atoms with Gasteiger partial charge in [0.25, 0.3) is 0 Å². The summed E-state index contributed by atoms with van der Waals surface area (Å²) >= 11 is 3.74. The summed E-state index contributed by atoms with van der Waals surface area (Å²) in [5, 5.41) is 7.74.